The summed E-state index contributed by atoms with van der Waals surface area (Å²) in [5, 5.41) is 6.31. The van der Waals surface area contributed by atoms with E-state index in [-0.39, 0.29) is 0 Å². The first-order valence-electron chi connectivity index (χ1n) is 16.0. The van der Waals surface area contributed by atoms with Crippen LogP contribution in [0.1, 0.15) is 0 Å². The van der Waals surface area contributed by atoms with Crippen LogP contribution in [-0.2, 0) is 0 Å². The van der Waals surface area contributed by atoms with E-state index in [1.165, 1.54) is 10.8 Å². The molecule has 0 aliphatic heterocycles. The van der Waals surface area contributed by atoms with Gasteiger partial charge in [0.1, 0.15) is 22.3 Å². The number of furan rings is 2. The summed E-state index contributed by atoms with van der Waals surface area (Å²) in [4.78, 5) is 5.06. The third-order valence-electron chi connectivity index (χ3n) is 9.65. The maximum Gasteiger partial charge on any atom is 0.228 e. The van der Waals surface area contributed by atoms with Crippen molar-refractivity contribution in [2.24, 2.45) is 0 Å². The first-order valence-corrected chi connectivity index (χ1v) is 16.0. The van der Waals surface area contributed by atoms with Crippen molar-refractivity contribution in [2.75, 3.05) is 0 Å². The highest BCUT2D eigenvalue weighted by atomic mass is 16.4. The number of hydrogen-bond donors (Lipinski definition) is 0. The van der Waals surface area contributed by atoms with E-state index in [4.69, 9.17) is 18.2 Å². The van der Waals surface area contributed by atoms with Crippen molar-refractivity contribution < 1.29 is 13.3 Å². The summed E-state index contributed by atoms with van der Waals surface area (Å²) >= 11 is 0. The normalized spacial score (nSPS) is 12.2. The van der Waals surface area contributed by atoms with Gasteiger partial charge in [-0.15, -0.1) is 0 Å². The summed E-state index contributed by atoms with van der Waals surface area (Å²) in [6.07, 6.45) is 0. The van der Waals surface area contributed by atoms with Crippen molar-refractivity contribution in [1.82, 2.24) is 9.55 Å². The average Bonchev–Trinajstić information content (AvgIpc) is 3.91. The van der Waals surface area contributed by atoms with Gasteiger partial charge in [0.15, 0.2) is 11.2 Å². The Morgan fingerprint density at radius 3 is 1.96 bits per heavy atom. The standard InChI is InChI=1S/C43H24N2O3/c1-2-10-25(11-3-1)26-18-19-30-38(24-26)46-37-23-21-32-41(40(30)37)48-43(44-32)31-20-22-35(42-39(31)29-14-6-9-17-36(29)47-42)45-33-15-7-4-12-27(33)28-13-5-8-16-34(28)45/h1-24H. The molecule has 0 N–H and O–H groups in total. The van der Waals surface area contributed by atoms with Gasteiger partial charge in [0.05, 0.1) is 22.1 Å². The molecule has 0 spiro atoms. The van der Waals surface area contributed by atoms with Crippen molar-refractivity contribution in [1.29, 1.82) is 0 Å². The van der Waals surface area contributed by atoms with Gasteiger partial charge >= 0.3 is 0 Å². The van der Waals surface area contributed by atoms with E-state index in [2.05, 4.69) is 102 Å². The maximum absolute atomic E-state index is 6.73. The minimum absolute atomic E-state index is 0.540. The molecule has 4 heterocycles. The molecule has 5 nitrogen and oxygen atoms in total. The fraction of sp³-hybridized carbons (Fsp3) is 0. The van der Waals surface area contributed by atoms with E-state index in [9.17, 15) is 0 Å². The second-order valence-corrected chi connectivity index (χ2v) is 12.3. The van der Waals surface area contributed by atoms with E-state index in [1.54, 1.807) is 0 Å². The molecule has 7 aromatic carbocycles. The molecule has 0 bridgehead atoms. The van der Waals surface area contributed by atoms with Crippen LogP contribution in [0.4, 0.5) is 0 Å². The van der Waals surface area contributed by atoms with E-state index in [0.717, 1.165) is 82.8 Å². The lowest BCUT2D eigenvalue weighted by Gasteiger charge is -2.10. The first kappa shape index (κ1) is 25.6. The van der Waals surface area contributed by atoms with Crippen LogP contribution in [0, 0.1) is 0 Å². The molecule has 0 aliphatic rings. The largest absolute Gasteiger partial charge is 0.456 e. The van der Waals surface area contributed by atoms with Crippen LogP contribution in [0.25, 0.3) is 105 Å². The van der Waals surface area contributed by atoms with Gasteiger partial charge in [-0.25, -0.2) is 4.98 Å². The molecule has 0 unspecified atom stereocenters. The molecule has 0 amide bonds. The molecule has 224 valence electrons. The van der Waals surface area contributed by atoms with Gasteiger partial charge in [0.2, 0.25) is 5.89 Å². The van der Waals surface area contributed by atoms with Gasteiger partial charge in [-0.05, 0) is 65.7 Å². The van der Waals surface area contributed by atoms with Crippen LogP contribution in [0.2, 0.25) is 0 Å². The molecule has 11 rings (SSSR count). The van der Waals surface area contributed by atoms with Gasteiger partial charge in [-0.2, -0.15) is 0 Å². The van der Waals surface area contributed by atoms with Crippen LogP contribution < -0.4 is 0 Å². The number of rotatable bonds is 3. The number of aromatic nitrogens is 2. The Morgan fingerprint density at radius 2 is 1.15 bits per heavy atom. The van der Waals surface area contributed by atoms with Crippen LogP contribution >= 0.6 is 0 Å². The maximum atomic E-state index is 6.73. The molecule has 0 fully saturated rings. The van der Waals surface area contributed by atoms with Crippen molar-refractivity contribution in [3.05, 3.63) is 146 Å². The zero-order valence-electron chi connectivity index (χ0n) is 25.5. The Balaban J connectivity index is 1.16. The molecular formula is C43H24N2O3. The van der Waals surface area contributed by atoms with Crippen LogP contribution in [0.3, 0.4) is 0 Å². The zero-order chi connectivity index (χ0) is 31.3. The summed E-state index contributed by atoms with van der Waals surface area (Å²) in [5.74, 6) is 0.540. The predicted octanol–water partition coefficient (Wildman–Crippen LogP) is 12.1. The summed E-state index contributed by atoms with van der Waals surface area (Å²) in [6, 6.07) is 50.1. The van der Waals surface area contributed by atoms with Crippen LogP contribution in [0.15, 0.2) is 159 Å². The number of hydrogen-bond acceptors (Lipinski definition) is 4. The third-order valence-corrected chi connectivity index (χ3v) is 9.65. The quantitative estimate of drug-likeness (QED) is 0.198. The average molecular weight is 617 g/mol. The lowest BCUT2D eigenvalue weighted by atomic mass is 10.0. The fourth-order valence-electron chi connectivity index (χ4n) is 7.52. The molecule has 0 aliphatic carbocycles. The fourth-order valence-corrected chi connectivity index (χ4v) is 7.52. The Hall–Kier alpha value is -6.59. The molecule has 0 atom stereocenters. The third kappa shape index (κ3) is 3.47. The molecule has 11 aromatic rings. The van der Waals surface area contributed by atoms with Crippen molar-refractivity contribution in [2.45, 2.75) is 0 Å². The van der Waals surface area contributed by atoms with Gasteiger partial charge in [-0.3, -0.25) is 0 Å². The second-order valence-electron chi connectivity index (χ2n) is 12.3. The van der Waals surface area contributed by atoms with Crippen molar-refractivity contribution >= 4 is 76.8 Å². The highest BCUT2D eigenvalue weighted by Gasteiger charge is 2.23. The first-order chi connectivity index (χ1) is 23.8. The molecule has 0 radical (unpaired) electrons. The van der Waals surface area contributed by atoms with Crippen LogP contribution in [-0.4, -0.2) is 9.55 Å². The summed E-state index contributed by atoms with van der Waals surface area (Å²) in [5.41, 5.74) is 11.0. The summed E-state index contributed by atoms with van der Waals surface area (Å²) in [7, 11) is 0. The highest BCUT2D eigenvalue weighted by molar-refractivity contribution is 6.19. The molecule has 0 saturated heterocycles. The highest BCUT2D eigenvalue weighted by Crippen LogP contribution is 2.44. The van der Waals surface area contributed by atoms with Crippen LogP contribution in [0.5, 0.6) is 0 Å². The minimum Gasteiger partial charge on any atom is -0.456 e. The minimum atomic E-state index is 0.540. The lowest BCUT2D eigenvalue weighted by molar-refractivity contribution is 0.622. The van der Waals surface area contributed by atoms with E-state index in [1.807, 2.05) is 48.5 Å². The molecule has 5 heteroatoms. The van der Waals surface area contributed by atoms with Crippen molar-refractivity contribution in [3.8, 4) is 28.3 Å². The molecule has 0 saturated carbocycles. The lowest BCUT2D eigenvalue weighted by Crippen LogP contribution is -1.95. The smallest absolute Gasteiger partial charge is 0.228 e. The Labute approximate surface area is 272 Å². The molecule has 4 aromatic heterocycles. The molecular weight excluding hydrogens is 592 g/mol. The Bertz CT molecular complexity index is 3010. The Kier molecular flexibility index (Phi) is 5.05. The SMILES string of the molecule is c1ccc(-c2ccc3c(c2)oc2ccc4nc(-c5ccc(-n6c7ccccc7c7ccccc76)c6oc7ccccc7c56)oc4c23)cc1. The summed E-state index contributed by atoms with van der Waals surface area (Å²) < 4.78 is 22.1. The number of oxazole rings is 1. The Morgan fingerprint density at radius 1 is 0.438 bits per heavy atom. The van der Waals surface area contributed by atoms with Gasteiger partial charge in [0.25, 0.3) is 0 Å². The summed E-state index contributed by atoms with van der Waals surface area (Å²) in [6.45, 7) is 0. The number of fused-ring (bicyclic) bond motifs is 11. The predicted molar refractivity (Wildman–Crippen MR) is 194 cm³/mol. The van der Waals surface area contributed by atoms with Gasteiger partial charge in [-0.1, -0.05) is 91.0 Å². The van der Waals surface area contributed by atoms with Crippen molar-refractivity contribution in [3.63, 3.8) is 0 Å². The topological polar surface area (TPSA) is 57.2 Å². The van der Waals surface area contributed by atoms with Gasteiger partial charge < -0.3 is 17.8 Å². The van der Waals surface area contributed by atoms with E-state index < -0.39 is 0 Å². The number of para-hydroxylation sites is 3. The van der Waals surface area contributed by atoms with Gasteiger partial charge in [0, 0.05) is 32.5 Å². The van der Waals surface area contributed by atoms with E-state index >= 15 is 0 Å². The molecule has 48 heavy (non-hydrogen) atoms. The van der Waals surface area contributed by atoms with E-state index in [0.29, 0.717) is 11.5 Å². The number of benzene rings is 7. The second kappa shape index (κ2) is 9.47. The monoisotopic (exact) mass is 616 g/mol. The number of nitrogens with zero attached hydrogens (tertiary/aromatic N) is 2. The zero-order valence-corrected chi connectivity index (χ0v) is 25.5.